The Balaban J connectivity index is 1.71. The molecular formula is C17H14FN3O2. The number of hydrogen-bond donors (Lipinski definition) is 1. The number of carbonyl (C=O) groups excluding carboxylic acids is 1. The zero-order valence-corrected chi connectivity index (χ0v) is 12.2. The zero-order valence-electron chi connectivity index (χ0n) is 12.2. The van der Waals surface area contributed by atoms with Gasteiger partial charge in [-0.3, -0.25) is 14.3 Å². The van der Waals surface area contributed by atoms with Crippen LogP contribution in [0.25, 0.3) is 10.9 Å². The summed E-state index contributed by atoms with van der Waals surface area (Å²) in [6.07, 6.45) is 1.44. The van der Waals surface area contributed by atoms with E-state index in [0.717, 1.165) is 0 Å². The first-order valence-electron chi connectivity index (χ1n) is 7.14. The van der Waals surface area contributed by atoms with Gasteiger partial charge in [0.1, 0.15) is 5.82 Å². The first-order chi connectivity index (χ1) is 11.1. The number of halogens is 1. The summed E-state index contributed by atoms with van der Waals surface area (Å²) in [5.41, 5.74) is 1.08. The van der Waals surface area contributed by atoms with Crippen LogP contribution in [0.2, 0.25) is 0 Å². The molecule has 0 unspecified atom stereocenters. The van der Waals surface area contributed by atoms with Crippen LogP contribution < -0.4 is 10.7 Å². The van der Waals surface area contributed by atoms with Gasteiger partial charge in [-0.05, 0) is 36.4 Å². The van der Waals surface area contributed by atoms with E-state index in [9.17, 15) is 14.0 Å². The van der Waals surface area contributed by atoms with Crippen LogP contribution in [0.3, 0.4) is 0 Å². The molecule has 6 heteroatoms. The number of nitrogens with zero attached hydrogens (tertiary/aromatic N) is 2. The Morgan fingerprint density at radius 2 is 1.87 bits per heavy atom. The number of fused-ring (bicyclic) bond motifs is 1. The summed E-state index contributed by atoms with van der Waals surface area (Å²) < 4.78 is 14.5. The summed E-state index contributed by atoms with van der Waals surface area (Å²) in [4.78, 5) is 23.7. The van der Waals surface area contributed by atoms with Gasteiger partial charge in [0.2, 0.25) is 11.3 Å². The van der Waals surface area contributed by atoms with E-state index in [1.54, 1.807) is 22.9 Å². The summed E-state index contributed by atoms with van der Waals surface area (Å²) in [5, 5.41) is 7.33. The third kappa shape index (κ3) is 3.42. The van der Waals surface area contributed by atoms with Gasteiger partial charge in [-0.1, -0.05) is 12.1 Å². The van der Waals surface area contributed by atoms with Crippen molar-refractivity contribution < 1.29 is 9.18 Å². The van der Waals surface area contributed by atoms with Gasteiger partial charge >= 0.3 is 0 Å². The summed E-state index contributed by atoms with van der Waals surface area (Å²) in [6.45, 7) is 0.341. The first kappa shape index (κ1) is 14.9. The lowest BCUT2D eigenvalue weighted by molar-refractivity contribution is -0.116. The molecule has 0 saturated carbocycles. The molecular weight excluding hydrogens is 297 g/mol. The second-order valence-electron chi connectivity index (χ2n) is 5.05. The number of carbonyl (C=O) groups is 1. The Hall–Kier alpha value is -3.02. The van der Waals surface area contributed by atoms with Crippen LogP contribution in [-0.4, -0.2) is 15.7 Å². The molecule has 0 aliphatic heterocycles. The number of benzene rings is 2. The van der Waals surface area contributed by atoms with Crippen molar-refractivity contribution in [2.45, 2.75) is 13.0 Å². The molecule has 1 amide bonds. The molecule has 1 heterocycles. The molecule has 1 aromatic heterocycles. The Kier molecular flexibility index (Phi) is 4.14. The van der Waals surface area contributed by atoms with Gasteiger partial charge in [0.25, 0.3) is 0 Å². The lowest BCUT2D eigenvalue weighted by atomic mass is 10.2. The monoisotopic (exact) mass is 311 g/mol. The van der Waals surface area contributed by atoms with E-state index in [0.29, 0.717) is 23.1 Å². The molecule has 2 aromatic carbocycles. The topological polar surface area (TPSA) is 64.0 Å². The highest BCUT2D eigenvalue weighted by molar-refractivity contribution is 5.90. The second kappa shape index (κ2) is 6.39. The molecule has 0 fully saturated rings. The maximum atomic E-state index is 12.8. The van der Waals surface area contributed by atoms with E-state index in [1.165, 1.54) is 30.5 Å². The van der Waals surface area contributed by atoms with Gasteiger partial charge in [-0.15, -0.1) is 0 Å². The van der Waals surface area contributed by atoms with Crippen molar-refractivity contribution in [2.24, 2.45) is 0 Å². The molecule has 3 aromatic rings. The minimum atomic E-state index is -0.355. The van der Waals surface area contributed by atoms with Crippen molar-refractivity contribution in [3.8, 4) is 0 Å². The fraction of sp³-hybridized carbons (Fsp3) is 0.118. The second-order valence-corrected chi connectivity index (χ2v) is 5.05. The summed E-state index contributed by atoms with van der Waals surface area (Å²) in [7, 11) is 0. The molecule has 0 spiro atoms. The number of amides is 1. The van der Waals surface area contributed by atoms with Crippen LogP contribution in [-0.2, 0) is 11.3 Å². The van der Waals surface area contributed by atoms with Gasteiger partial charge in [0.15, 0.2) is 0 Å². The summed E-state index contributed by atoms with van der Waals surface area (Å²) in [6, 6.07) is 12.7. The van der Waals surface area contributed by atoms with Crippen molar-refractivity contribution in [1.82, 2.24) is 9.78 Å². The van der Waals surface area contributed by atoms with E-state index in [2.05, 4.69) is 10.4 Å². The van der Waals surface area contributed by atoms with Gasteiger partial charge in [0, 0.05) is 17.5 Å². The van der Waals surface area contributed by atoms with Crippen LogP contribution in [0, 0.1) is 5.82 Å². The maximum Gasteiger partial charge on any atom is 0.226 e. The van der Waals surface area contributed by atoms with Crippen molar-refractivity contribution in [3.63, 3.8) is 0 Å². The van der Waals surface area contributed by atoms with Crippen molar-refractivity contribution in [3.05, 3.63) is 70.8 Å². The first-order valence-corrected chi connectivity index (χ1v) is 7.14. The van der Waals surface area contributed by atoms with E-state index in [4.69, 9.17) is 0 Å². The average Bonchev–Trinajstić information content (AvgIpc) is 2.57. The maximum absolute atomic E-state index is 12.8. The van der Waals surface area contributed by atoms with Gasteiger partial charge in [-0.2, -0.15) is 5.10 Å². The Morgan fingerprint density at radius 1 is 1.13 bits per heavy atom. The molecule has 116 valence electrons. The Morgan fingerprint density at radius 3 is 2.65 bits per heavy atom. The van der Waals surface area contributed by atoms with Crippen molar-refractivity contribution >= 4 is 22.5 Å². The van der Waals surface area contributed by atoms with Crippen LogP contribution in [0.4, 0.5) is 10.1 Å². The predicted molar refractivity (Wildman–Crippen MR) is 85.6 cm³/mol. The molecule has 0 aliphatic rings. The molecule has 0 atom stereocenters. The molecule has 0 radical (unpaired) electrons. The summed E-state index contributed by atoms with van der Waals surface area (Å²) in [5.74, 6) is -0.562. The number of aromatic nitrogens is 2. The highest BCUT2D eigenvalue weighted by Crippen LogP contribution is 2.10. The SMILES string of the molecule is O=C(CCn1ncc(=O)c2ccccc21)Nc1ccc(F)cc1. The smallest absolute Gasteiger partial charge is 0.226 e. The van der Waals surface area contributed by atoms with Gasteiger partial charge in [0.05, 0.1) is 18.3 Å². The molecule has 0 aliphatic carbocycles. The standard InChI is InChI=1S/C17H14FN3O2/c18-12-5-7-13(8-6-12)20-17(23)9-10-21-15-4-2-1-3-14(15)16(22)11-19-21/h1-8,11H,9-10H2,(H,20,23). The van der Waals surface area contributed by atoms with Crippen molar-refractivity contribution in [1.29, 1.82) is 0 Å². The average molecular weight is 311 g/mol. The zero-order chi connectivity index (χ0) is 16.2. The fourth-order valence-electron chi connectivity index (χ4n) is 2.30. The quantitative estimate of drug-likeness (QED) is 0.805. The lowest BCUT2D eigenvalue weighted by Gasteiger charge is -2.09. The normalized spacial score (nSPS) is 10.7. The minimum Gasteiger partial charge on any atom is -0.326 e. The van der Waals surface area contributed by atoms with Crippen LogP contribution in [0.15, 0.2) is 59.5 Å². The van der Waals surface area contributed by atoms with E-state index < -0.39 is 0 Å². The largest absolute Gasteiger partial charge is 0.326 e. The fourth-order valence-corrected chi connectivity index (χ4v) is 2.30. The highest BCUT2D eigenvalue weighted by Gasteiger charge is 2.07. The van der Waals surface area contributed by atoms with Gasteiger partial charge in [-0.25, -0.2) is 4.39 Å². The molecule has 3 rings (SSSR count). The Bertz CT molecular complexity index is 904. The Labute approximate surface area is 131 Å². The third-order valence-electron chi connectivity index (χ3n) is 3.44. The molecule has 5 nitrogen and oxygen atoms in total. The molecule has 0 saturated heterocycles. The van der Waals surface area contributed by atoms with Crippen LogP contribution in [0.5, 0.6) is 0 Å². The number of nitrogens with one attached hydrogen (secondary N) is 1. The van der Waals surface area contributed by atoms with Crippen molar-refractivity contribution in [2.75, 3.05) is 5.32 Å². The van der Waals surface area contributed by atoms with Crippen LogP contribution >= 0.6 is 0 Å². The van der Waals surface area contributed by atoms with E-state index in [1.807, 2.05) is 6.07 Å². The number of anilines is 1. The lowest BCUT2D eigenvalue weighted by Crippen LogP contribution is -2.18. The van der Waals surface area contributed by atoms with E-state index in [-0.39, 0.29) is 23.6 Å². The van der Waals surface area contributed by atoms with E-state index >= 15 is 0 Å². The predicted octanol–water partition coefficient (Wildman–Crippen LogP) is 2.56. The van der Waals surface area contributed by atoms with Gasteiger partial charge < -0.3 is 5.32 Å². The minimum absolute atomic E-state index is 0.146. The molecule has 23 heavy (non-hydrogen) atoms. The highest BCUT2D eigenvalue weighted by atomic mass is 19.1. The molecule has 1 N–H and O–H groups in total. The summed E-state index contributed by atoms with van der Waals surface area (Å²) >= 11 is 0. The molecule has 0 bridgehead atoms. The number of para-hydroxylation sites is 1. The number of aryl methyl sites for hydroxylation is 1. The van der Waals surface area contributed by atoms with Crippen LogP contribution in [0.1, 0.15) is 6.42 Å². The third-order valence-corrected chi connectivity index (χ3v) is 3.44. The number of hydrogen-bond acceptors (Lipinski definition) is 3. The number of rotatable bonds is 4.